The molecule has 0 aliphatic rings. The molecule has 0 unspecified atom stereocenters. The van der Waals surface area contributed by atoms with E-state index < -0.39 is 9.84 Å². The summed E-state index contributed by atoms with van der Waals surface area (Å²) in [5.74, 6) is 0.429. The van der Waals surface area contributed by atoms with Gasteiger partial charge in [0.2, 0.25) is 14.9 Å². The van der Waals surface area contributed by atoms with E-state index in [0.717, 1.165) is 11.3 Å². The summed E-state index contributed by atoms with van der Waals surface area (Å²) in [6, 6.07) is 14.9. The van der Waals surface area contributed by atoms with Crippen LogP contribution in [0.4, 0.5) is 0 Å². The van der Waals surface area contributed by atoms with Crippen LogP contribution >= 0.6 is 0 Å². The van der Waals surface area contributed by atoms with Crippen molar-refractivity contribution in [1.82, 2.24) is 15.0 Å². The van der Waals surface area contributed by atoms with E-state index in [4.69, 9.17) is 0 Å². The molecule has 1 aromatic heterocycles. The maximum atomic E-state index is 13.1. The highest BCUT2D eigenvalue weighted by molar-refractivity contribution is 7.91. The molecule has 3 aromatic rings. The lowest BCUT2D eigenvalue weighted by Gasteiger charge is -2.19. The topological polar surface area (TPSA) is 64.8 Å². The summed E-state index contributed by atoms with van der Waals surface area (Å²) in [6.45, 7) is 12.3. The van der Waals surface area contributed by atoms with Gasteiger partial charge in [0.15, 0.2) is 0 Å². The SMILES string of the molecule is Cc1c(S(=O)(=O)c2ccc(C(C)(C)C)cc2)nnn1-c1ccc(C(C)C)cc1. The summed E-state index contributed by atoms with van der Waals surface area (Å²) in [4.78, 5) is 0.228. The van der Waals surface area contributed by atoms with Gasteiger partial charge in [-0.2, -0.15) is 0 Å². The molecule has 0 saturated carbocycles. The van der Waals surface area contributed by atoms with Crippen LogP contribution < -0.4 is 0 Å². The fraction of sp³-hybridized carbons (Fsp3) is 0.364. The van der Waals surface area contributed by atoms with Crippen LogP contribution in [0, 0.1) is 6.92 Å². The van der Waals surface area contributed by atoms with Gasteiger partial charge in [-0.05, 0) is 53.6 Å². The zero-order valence-corrected chi connectivity index (χ0v) is 18.1. The molecule has 0 N–H and O–H groups in total. The van der Waals surface area contributed by atoms with E-state index in [9.17, 15) is 8.42 Å². The Hall–Kier alpha value is -2.47. The number of rotatable bonds is 4. The predicted octanol–water partition coefficient (Wildman–Crippen LogP) is 4.83. The van der Waals surface area contributed by atoms with Crippen molar-refractivity contribution in [3.8, 4) is 5.69 Å². The van der Waals surface area contributed by atoms with Crippen LogP contribution in [0.15, 0.2) is 58.5 Å². The summed E-state index contributed by atoms with van der Waals surface area (Å²) in [6.07, 6.45) is 0. The average Bonchev–Trinajstić information content (AvgIpc) is 3.03. The second-order valence-corrected chi connectivity index (χ2v) is 10.3. The van der Waals surface area contributed by atoms with E-state index in [-0.39, 0.29) is 15.3 Å². The zero-order valence-electron chi connectivity index (χ0n) is 17.3. The first-order chi connectivity index (χ1) is 13.0. The van der Waals surface area contributed by atoms with Crippen LogP contribution in [0.1, 0.15) is 57.4 Å². The lowest BCUT2D eigenvalue weighted by atomic mass is 9.87. The first-order valence-electron chi connectivity index (χ1n) is 9.40. The van der Waals surface area contributed by atoms with Crippen molar-refractivity contribution in [2.75, 3.05) is 0 Å². The van der Waals surface area contributed by atoms with Gasteiger partial charge in [0, 0.05) is 0 Å². The predicted molar refractivity (Wildman–Crippen MR) is 111 cm³/mol. The second-order valence-electron chi connectivity index (χ2n) is 8.42. The van der Waals surface area contributed by atoms with Crippen molar-refractivity contribution in [2.45, 2.75) is 62.8 Å². The summed E-state index contributed by atoms with van der Waals surface area (Å²) in [7, 11) is -3.74. The Morgan fingerprint density at radius 2 is 1.50 bits per heavy atom. The Kier molecular flexibility index (Phi) is 5.19. The number of sulfone groups is 1. The molecule has 0 radical (unpaired) electrons. The van der Waals surface area contributed by atoms with E-state index in [0.29, 0.717) is 11.6 Å². The molecule has 5 nitrogen and oxygen atoms in total. The maximum Gasteiger partial charge on any atom is 0.227 e. The van der Waals surface area contributed by atoms with Gasteiger partial charge in [0.25, 0.3) is 0 Å². The molecular weight excluding hydrogens is 370 g/mol. The highest BCUT2D eigenvalue weighted by atomic mass is 32.2. The molecular formula is C22H27N3O2S. The van der Waals surface area contributed by atoms with Gasteiger partial charge < -0.3 is 0 Å². The molecule has 0 aliphatic carbocycles. The molecule has 6 heteroatoms. The summed E-state index contributed by atoms with van der Waals surface area (Å²) in [5, 5.41) is 8.08. The molecule has 28 heavy (non-hydrogen) atoms. The van der Waals surface area contributed by atoms with Gasteiger partial charge in [-0.3, -0.25) is 0 Å². The first kappa shape index (κ1) is 20.3. The number of aromatic nitrogens is 3. The molecule has 2 aromatic carbocycles. The highest BCUT2D eigenvalue weighted by Crippen LogP contribution is 2.27. The van der Waals surface area contributed by atoms with E-state index in [1.54, 1.807) is 23.7 Å². The first-order valence-corrected chi connectivity index (χ1v) is 10.9. The Bertz CT molecular complexity index is 1070. The Morgan fingerprint density at radius 1 is 0.929 bits per heavy atom. The van der Waals surface area contributed by atoms with Gasteiger partial charge in [-0.15, -0.1) is 5.10 Å². The van der Waals surface area contributed by atoms with Crippen molar-refractivity contribution >= 4 is 9.84 Å². The smallest absolute Gasteiger partial charge is 0.217 e. The molecule has 148 valence electrons. The zero-order chi connectivity index (χ0) is 20.7. The van der Waals surface area contributed by atoms with Crippen LogP contribution in [0.3, 0.4) is 0 Å². The third kappa shape index (κ3) is 3.74. The molecule has 0 saturated heterocycles. The molecule has 0 aliphatic heterocycles. The monoisotopic (exact) mass is 397 g/mol. The Balaban J connectivity index is 1.98. The van der Waals surface area contributed by atoms with Crippen LogP contribution in [0.2, 0.25) is 0 Å². The minimum Gasteiger partial charge on any atom is -0.217 e. The third-order valence-electron chi connectivity index (χ3n) is 4.94. The summed E-state index contributed by atoms with van der Waals surface area (Å²) in [5.41, 5.74) is 3.55. The Morgan fingerprint density at radius 3 is 2.00 bits per heavy atom. The van der Waals surface area contributed by atoms with Crippen LogP contribution in [-0.4, -0.2) is 23.4 Å². The highest BCUT2D eigenvalue weighted by Gasteiger charge is 2.26. The van der Waals surface area contributed by atoms with Crippen molar-refractivity contribution in [1.29, 1.82) is 0 Å². The molecule has 0 spiro atoms. The van der Waals surface area contributed by atoms with E-state index in [1.807, 2.05) is 36.4 Å². The van der Waals surface area contributed by atoms with Crippen molar-refractivity contribution in [3.05, 3.63) is 65.4 Å². The fourth-order valence-electron chi connectivity index (χ4n) is 3.06. The van der Waals surface area contributed by atoms with E-state index in [1.165, 1.54) is 5.56 Å². The van der Waals surface area contributed by atoms with Crippen molar-refractivity contribution < 1.29 is 8.42 Å². The Labute approximate surface area is 167 Å². The molecule has 0 bridgehead atoms. The number of hydrogen-bond donors (Lipinski definition) is 0. The van der Waals surface area contributed by atoms with Gasteiger partial charge in [-0.1, -0.05) is 64.1 Å². The second kappa shape index (κ2) is 7.17. The van der Waals surface area contributed by atoms with Gasteiger partial charge in [-0.25, -0.2) is 13.1 Å². The standard InChI is InChI=1S/C22H27N3O2S/c1-15(2)17-7-11-19(12-8-17)25-16(3)21(23-24-25)28(26,27)20-13-9-18(10-14-20)22(4,5)6/h7-15H,1-6H3. The van der Waals surface area contributed by atoms with Crippen LogP contribution in [-0.2, 0) is 15.3 Å². The largest absolute Gasteiger partial charge is 0.227 e. The number of nitrogens with zero attached hydrogens (tertiary/aromatic N) is 3. The lowest BCUT2D eigenvalue weighted by Crippen LogP contribution is -2.11. The summed E-state index contributed by atoms with van der Waals surface area (Å²) >= 11 is 0. The van der Waals surface area contributed by atoms with Gasteiger partial charge in [0.05, 0.1) is 16.3 Å². The summed E-state index contributed by atoms with van der Waals surface area (Å²) < 4.78 is 27.7. The van der Waals surface area contributed by atoms with Crippen LogP contribution in [0.5, 0.6) is 0 Å². The van der Waals surface area contributed by atoms with Crippen LogP contribution in [0.25, 0.3) is 5.69 Å². The van der Waals surface area contributed by atoms with Gasteiger partial charge in [0.1, 0.15) is 0 Å². The molecule has 1 heterocycles. The van der Waals surface area contributed by atoms with E-state index in [2.05, 4.69) is 44.9 Å². The molecule has 3 rings (SSSR count). The minimum absolute atomic E-state index is 0.0102. The normalized spacial score (nSPS) is 12.5. The van der Waals surface area contributed by atoms with E-state index >= 15 is 0 Å². The van der Waals surface area contributed by atoms with Crippen molar-refractivity contribution in [3.63, 3.8) is 0 Å². The fourth-order valence-corrected chi connectivity index (χ4v) is 4.39. The molecule has 0 amide bonds. The average molecular weight is 398 g/mol. The van der Waals surface area contributed by atoms with Crippen molar-refractivity contribution in [2.24, 2.45) is 0 Å². The lowest BCUT2D eigenvalue weighted by molar-refractivity contribution is 0.584. The number of hydrogen-bond acceptors (Lipinski definition) is 4. The molecule has 0 fully saturated rings. The third-order valence-corrected chi connectivity index (χ3v) is 6.72. The van der Waals surface area contributed by atoms with Gasteiger partial charge >= 0.3 is 0 Å². The number of benzene rings is 2. The maximum absolute atomic E-state index is 13.1. The minimum atomic E-state index is -3.74. The quantitative estimate of drug-likeness (QED) is 0.632. The molecule has 0 atom stereocenters.